The monoisotopic (exact) mass is 173 g/mol. The van der Waals surface area contributed by atoms with Crippen LogP contribution in [0.1, 0.15) is 29.2 Å². The Morgan fingerprint density at radius 3 is 3.15 bits per heavy atom. The van der Waals surface area contributed by atoms with E-state index in [0.29, 0.717) is 0 Å². The zero-order valence-electron chi connectivity index (χ0n) is 7.57. The Labute approximate surface area is 77.0 Å². The average molecular weight is 173 g/mol. The molecule has 0 amide bonds. The molecule has 0 N–H and O–H groups in total. The molecular weight excluding hydrogens is 162 g/mol. The molecule has 2 rings (SSSR count). The molecule has 66 valence electrons. The van der Waals surface area contributed by atoms with Crippen LogP contribution in [0.25, 0.3) is 10.4 Å². The molecule has 1 aliphatic rings. The Kier molecular flexibility index (Phi) is 1.95. The first-order chi connectivity index (χ1) is 6.31. The number of hydrogen-bond donors (Lipinski definition) is 0. The molecule has 0 radical (unpaired) electrons. The van der Waals surface area contributed by atoms with Gasteiger partial charge in [0.05, 0.1) is 6.04 Å². The number of azide groups is 1. The van der Waals surface area contributed by atoms with Crippen LogP contribution in [0.3, 0.4) is 0 Å². The Bertz CT molecular complexity index is 378. The topological polar surface area (TPSA) is 48.8 Å². The van der Waals surface area contributed by atoms with Crippen LogP contribution in [-0.4, -0.2) is 0 Å². The van der Waals surface area contributed by atoms with Crippen molar-refractivity contribution in [1.29, 1.82) is 0 Å². The Morgan fingerprint density at radius 2 is 2.38 bits per heavy atom. The van der Waals surface area contributed by atoms with Crippen LogP contribution in [0.4, 0.5) is 0 Å². The minimum absolute atomic E-state index is 0.0694. The summed E-state index contributed by atoms with van der Waals surface area (Å²) >= 11 is 0. The minimum Gasteiger partial charge on any atom is -0.0859 e. The van der Waals surface area contributed by atoms with Crippen molar-refractivity contribution in [3.63, 3.8) is 0 Å². The van der Waals surface area contributed by atoms with Crippen LogP contribution in [0.2, 0.25) is 0 Å². The van der Waals surface area contributed by atoms with E-state index in [0.717, 1.165) is 12.8 Å². The van der Waals surface area contributed by atoms with Crippen LogP contribution < -0.4 is 0 Å². The minimum atomic E-state index is 0.0694. The molecule has 3 nitrogen and oxygen atoms in total. The summed E-state index contributed by atoms with van der Waals surface area (Å²) in [6.07, 6.45) is 2.00. The number of hydrogen-bond acceptors (Lipinski definition) is 1. The van der Waals surface area contributed by atoms with Gasteiger partial charge in [-0.3, -0.25) is 0 Å². The maximum atomic E-state index is 8.38. The van der Waals surface area contributed by atoms with Crippen molar-refractivity contribution < 1.29 is 0 Å². The van der Waals surface area contributed by atoms with Gasteiger partial charge in [-0.15, -0.1) is 0 Å². The van der Waals surface area contributed by atoms with Crippen molar-refractivity contribution >= 4 is 0 Å². The Morgan fingerprint density at radius 1 is 1.54 bits per heavy atom. The highest BCUT2D eigenvalue weighted by molar-refractivity contribution is 5.37. The Balaban J connectivity index is 2.45. The highest BCUT2D eigenvalue weighted by atomic mass is 15.1. The molecular formula is C10H11N3. The molecule has 1 unspecified atom stereocenters. The molecule has 3 heteroatoms. The highest BCUT2D eigenvalue weighted by Gasteiger charge is 2.20. The molecule has 1 aliphatic carbocycles. The van der Waals surface area contributed by atoms with Gasteiger partial charge in [-0.25, -0.2) is 0 Å². The first-order valence-corrected chi connectivity index (χ1v) is 4.45. The molecule has 0 aliphatic heterocycles. The van der Waals surface area contributed by atoms with Gasteiger partial charge in [0.2, 0.25) is 0 Å². The van der Waals surface area contributed by atoms with E-state index < -0.39 is 0 Å². The van der Waals surface area contributed by atoms with E-state index in [1.807, 2.05) is 0 Å². The third-order valence-electron chi connectivity index (χ3n) is 2.54. The lowest BCUT2D eigenvalue weighted by Crippen LogP contribution is -1.88. The molecule has 0 aromatic heterocycles. The molecule has 0 heterocycles. The predicted octanol–water partition coefficient (Wildman–Crippen LogP) is 3.29. The fourth-order valence-electron chi connectivity index (χ4n) is 1.88. The van der Waals surface area contributed by atoms with Crippen LogP contribution in [0.15, 0.2) is 23.3 Å². The average Bonchev–Trinajstić information content (AvgIpc) is 2.49. The summed E-state index contributed by atoms with van der Waals surface area (Å²) in [5.74, 6) is 0. The maximum absolute atomic E-state index is 8.38. The quantitative estimate of drug-likeness (QED) is 0.355. The summed E-state index contributed by atoms with van der Waals surface area (Å²) in [5.41, 5.74) is 12.2. The third kappa shape index (κ3) is 1.38. The molecule has 1 atom stereocenters. The number of fused-ring (bicyclic) bond motifs is 1. The first kappa shape index (κ1) is 8.14. The van der Waals surface area contributed by atoms with Gasteiger partial charge < -0.3 is 0 Å². The fourth-order valence-corrected chi connectivity index (χ4v) is 1.88. The van der Waals surface area contributed by atoms with Crippen molar-refractivity contribution in [2.45, 2.75) is 25.8 Å². The predicted molar refractivity (Wildman–Crippen MR) is 51.4 cm³/mol. The van der Waals surface area contributed by atoms with Crippen LogP contribution >= 0.6 is 0 Å². The molecule has 0 spiro atoms. The van der Waals surface area contributed by atoms with Crippen molar-refractivity contribution in [2.75, 3.05) is 0 Å². The van der Waals surface area contributed by atoms with E-state index in [9.17, 15) is 0 Å². The van der Waals surface area contributed by atoms with Crippen LogP contribution in [0.5, 0.6) is 0 Å². The second-order valence-corrected chi connectivity index (χ2v) is 3.46. The summed E-state index contributed by atoms with van der Waals surface area (Å²) in [5, 5.41) is 3.79. The highest BCUT2D eigenvalue weighted by Crippen LogP contribution is 2.34. The second kappa shape index (κ2) is 3.11. The van der Waals surface area contributed by atoms with Crippen molar-refractivity contribution in [3.05, 3.63) is 45.3 Å². The van der Waals surface area contributed by atoms with Gasteiger partial charge in [-0.2, -0.15) is 0 Å². The largest absolute Gasteiger partial charge is 0.0859 e. The zero-order valence-corrected chi connectivity index (χ0v) is 7.57. The lowest BCUT2D eigenvalue weighted by molar-refractivity contribution is 0.707. The van der Waals surface area contributed by atoms with Crippen molar-refractivity contribution in [1.82, 2.24) is 0 Å². The summed E-state index contributed by atoms with van der Waals surface area (Å²) in [6, 6.07) is 6.44. The normalized spacial score (nSPS) is 19.3. The molecule has 1 aromatic carbocycles. The number of aryl methyl sites for hydroxylation is 2. The van der Waals surface area contributed by atoms with Crippen LogP contribution in [0, 0.1) is 6.92 Å². The summed E-state index contributed by atoms with van der Waals surface area (Å²) < 4.78 is 0. The summed E-state index contributed by atoms with van der Waals surface area (Å²) in [7, 11) is 0. The van der Waals surface area contributed by atoms with Gasteiger partial charge in [0, 0.05) is 4.91 Å². The second-order valence-electron chi connectivity index (χ2n) is 3.46. The molecule has 0 fully saturated rings. The van der Waals surface area contributed by atoms with E-state index in [-0.39, 0.29) is 6.04 Å². The van der Waals surface area contributed by atoms with E-state index in [4.69, 9.17) is 5.53 Å². The van der Waals surface area contributed by atoms with E-state index in [1.165, 1.54) is 16.7 Å². The zero-order chi connectivity index (χ0) is 9.26. The maximum Gasteiger partial charge on any atom is 0.0631 e. The van der Waals surface area contributed by atoms with Gasteiger partial charge in [-0.05, 0) is 36.4 Å². The summed E-state index contributed by atoms with van der Waals surface area (Å²) in [6.45, 7) is 2.06. The van der Waals surface area contributed by atoms with Gasteiger partial charge in [0.15, 0.2) is 0 Å². The lowest BCUT2D eigenvalue weighted by atomic mass is 10.1. The van der Waals surface area contributed by atoms with E-state index >= 15 is 0 Å². The molecule has 0 saturated heterocycles. The van der Waals surface area contributed by atoms with Gasteiger partial charge in [0.25, 0.3) is 0 Å². The van der Waals surface area contributed by atoms with Crippen LogP contribution in [-0.2, 0) is 6.42 Å². The SMILES string of the molecule is Cc1ccc2c(c1)C(N=[N+]=[N-])CC2. The summed E-state index contributed by atoms with van der Waals surface area (Å²) in [4.78, 5) is 2.87. The number of benzene rings is 1. The molecule has 1 aromatic rings. The third-order valence-corrected chi connectivity index (χ3v) is 2.54. The molecule has 0 bridgehead atoms. The number of rotatable bonds is 1. The standard InChI is InChI=1S/C10H11N3/c1-7-2-3-8-4-5-10(12-13-11)9(8)6-7/h2-3,6,10H,4-5H2,1H3. The van der Waals surface area contributed by atoms with Gasteiger partial charge >= 0.3 is 0 Å². The lowest BCUT2D eigenvalue weighted by Gasteiger charge is -2.04. The van der Waals surface area contributed by atoms with Gasteiger partial charge in [-0.1, -0.05) is 28.9 Å². The Hall–Kier alpha value is -1.47. The van der Waals surface area contributed by atoms with E-state index in [2.05, 4.69) is 35.1 Å². The first-order valence-electron chi connectivity index (χ1n) is 4.45. The fraction of sp³-hybridized carbons (Fsp3) is 0.400. The number of nitrogens with zero attached hydrogens (tertiary/aromatic N) is 3. The molecule has 0 saturated carbocycles. The molecule has 13 heavy (non-hydrogen) atoms. The van der Waals surface area contributed by atoms with Crippen molar-refractivity contribution in [2.24, 2.45) is 5.11 Å². The van der Waals surface area contributed by atoms with Crippen molar-refractivity contribution in [3.8, 4) is 0 Å². The van der Waals surface area contributed by atoms with Gasteiger partial charge in [0.1, 0.15) is 0 Å². The van der Waals surface area contributed by atoms with E-state index in [1.54, 1.807) is 0 Å². The smallest absolute Gasteiger partial charge is 0.0631 e.